The van der Waals surface area contributed by atoms with Crippen LogP contribution in [0.25, 0.3) is 11.3 Å². The number of aromatic amines is 2. The number of rotatable bonds is 14. The molecule has 8 rings (SSSR count). The van der Waals surface area contributed by atoms with E-state index in [1.165, 1.54) is 63.4 Å². The van der Waals surface area contributed by atoms with E-state index in [2.05, 4.69) is 57.7 Å². The molecule has 17 heteroatoms. The number of aromatic nitrogens is 8. The zero-order valence-corrected chi connectivity index (χ0v) is 31.0. The number of nitrogens with one attached hydrogen (secondary N) is 2. The van der Waals surface area contributed by atoms with Gasteiger partial charge in [-0.1, -0.05) is 12.1 Å². The number of aliphatic hydroxyl groups excluding tert-OH is 1. The minimum Gasteiger partial charge on any atom is -0.464 e. The number of fused-ring (bicyclic) bond motifs is 2. The average Bonchev–Trinajstić information content (AvgIpc) is 3.97. The Kier molecular flexibility index (Phi) is 10.6. The summed E-state index contributed by atoms with van der Waals surface area (Å²) in [5.74, 6) is 1.50. The number of imidazole rings is 4. The van der Waals surface area contributed by atoms with Crippen LogP contribution in [0.3, 0.4) is 0 Å². The van der Waals surface area contributed by atoms with E-state index in [1.807, 2.05) is 33.3 Å². The molecule has 2 aliphatic carbocycles. The lowest BCUT2D eigenvalue weighted by Gasteiger charge is -2.13. The minimum atomic E-state index is -3.69. The molecule has 2 atom stereocenters. The molecule has 2 fully saturated rings. The lowest BCUT2D eigenvalue weighted by atomic mass is 10.1. The summed E-state index contributed by atoms with van der Waals surface area (Å²) in [6.45, 7) is 0. The van der Waals surface area contributed by atoms with Gasteiger partial charge in [-0.05, 0) is 73.6 Å². The van der Waals surface area contributed by atoms with E-state index in [1.54, 1.807) is 6.20 Å². The van der Waals surface area contributed by atoms with E-state index in [9.17, 15) is 23.1 Å². The van der Waals surface area contributed by atoms with Crippen molar-refractivity contribution in [3.05, 3.63) is 107 Å². The van der Waals surface area contributed by atoms with Gasteiger partial charge in [0.2, 0.25) is 0 Å². The Morgan fingerprint density at radius 2 is 1.26 bits per heavy atom. The van der Waals surface area contributed by atoms with Gasteiger partial charge in [0.15, 0.2) is 0 Å². The first kappa shape index (κ1) is 36.9. The molecule has 6 aromatic rings. The number of hydrogen-bond acceptors (Lipinski definition) is 12. The first-order chi connectivity index (χ1) is 26.0. The number of nitrogens with zero attached hydrogens (tertiary/aromatic N) is 6. The Morgan fingerprint density at radius 3 is 1.74 bits per heavy atom. The molecule has 0 radical (unpaired) electrons. The second-order valence-corrected chi connectivity index (χ2v) is 15.3. The van der Waals surface area contributed by atoms with Gasteiger partial charge < -0.3 is 33.3 Å². The average molecular weight is 759 g/mol. The Labute approximate surface area is 311 Å². The Bertz CT molecular complexity index is 2390. The summed E-state index contributed by atoms with van der Waals surface area (Å²) in [5.41, 5.74) is 5.89. The molecule has 0 amide bonds. The van der Waals surface area contributed by atoms with E-state index in [0.29, 0.717) is 66.2 Å². The molecular formula is C37H42N8O8S. The quantitative estimate of drug-likeness (QED) is 0.102. The highest BCUT2D eigenvalue weighted by molar-refractivity contribution is 7.86. The Morgan fingerprint density at radius 1 is 0.778 bits per heavy atom. The predicted octanol–water partition coefficient (Wildman–Crippen LogP) is 4.76. The van der Waals surface area contributed by atoms with Crippen LogP contribution in [0.15, 0.2) is 61.4 Å². The fourth-order valence-electron chi connectivity index (χ4n) is 6.24. The van der Waals surface area contributed by atoms with Crippen LogP contribution in [-0.4, -0.2) is 84.6 Å². The van der Waals surface area contributed by atoms with E-state index in [4.69, 9.17) is 4.18 Å². The SMILES string of the molecule is COC(=O)c1cnc(CCC(O)c2cn3cc(C4CC4)ccc3n2)[nH]1.COC(=O)c1cnc(CCC(OS(C)(=O)=O)c2cn3cc(C4CC4)ccc3n2)[nH]1. The highest BCUT2D eigenvalue weighted by Crippen LogP contribution is 2.41. The maximum Gasteiger partial charge on any atom is 0.356 e. The number of carbonyl (C=O) groups is 2. The number of ether oxygens (including phenoxy) is 2. The molecule has 2 unspecified atom stereocenters. The highest BCUT2D eigenvalue weighted by Gasteiger charge is 2.26. The molecule has 16 nitrogen and oxygen atoms in total. The summed E-state index contributed by atoms with van der Waals surface area (Å²) in [7, 11) is -1.08. The first-order valence-electron chi connectivity index (χ1n) is 17.7. The third kappa shape index (κ3) is 9.03. The lowest BCUT2D eigenvalue weighted by Crippen LogP contribution is -2.12. The zero-order chi connectivity index (χ0) is 38.0. The fraction of sp³-hybridized carbons (Fsp3) is 0.405. The number of H-pyrrole nitrogens is 2. The Balaban J connectivity index is 0.000000168. The largest absolute Gasteiger partial charge is 0.464 e. The molecule has 0 aromatic carbocycles. The van der Waals surface area contributed by atoms with Gasteiger partial charge in [-0.2, -0.15) is 8.42 Å². The van der Waals surface area contributed by atoms with Crippen molar-refractivity contribution in [1.82, 2.24) is 38.7 Å². The topological polar surface area (TPSA) is 208 Å². The van der Waals surface area contributed by atoms with Crippen molar-refractivity contribution in [3.63, 3.8) is 0 Å². The van der Waals surface area contributed by atoms with E-state index in [-0.39, 0.29) is 5.69 Å². The lowest BCUT2D eigenvalue weighted by molar-refractivity contribution is 0.0585. The molecule has 3 N–H and O–H groups in total. The standard InChI is InChI=1S/C19H22N4O5S.C18H20N4O3/c1-27-19(24)14-9-20-17(21-14)7-6-16(28-29(2,25)26)15-11-23-10-13(12-3-4-12)5-8-18(23)22-15;1-25-18(24)13-8-19-16(20-13)6-5-15(23)14-10-22-9-12(11-2-3-11)4-7-17(22)21-14/h5,8-12,16H,3-4,6-7H2,1-2H3,(H,20,21);4,7-11,15,23H,2-3,5-6H2,1H3,(H,19,20). The van der Waals surface area contributed by atoms with Gasteiger partial charge in [0.05, 0.1) is 50.4 Å². The van der Waals surface area contributed by atoms with Gasteiger partial charge in [0.1, 0.15) is 40.4 Å². The smallest absolute Gasteiger partial charge is 0.356 e. The zero-order valence-electron chi connectivity index (χ0n) is 30.1. The summed E-state index contributed by atoms with van der Waals surface area (Å²) >= 11 is 0. The number of pyridine rings is 2. The molecule has 54 heavy (non-hydrogen) atoms. The minimum absolute atomic E-state index is 0.239. The monoisotopic (exact) mass is 758 g/mol. The molecular weight excluding hydrogens is 717 g/mol. The highest BCUT2D eigenvalue weighted by atomic mass is 32.2. The van der Waals surface area contributed by atoms with E-state index >= 15 is 0 Å². The van der Waals surface area contributed by atoms with Crippen molar-refractivity contribution >= 4 is 33.4 Å². The molecule has 2 saturated carbocycles. The van der Waals surface area contributed by atoms with Crippen molar-refractivity contribution < 1.29 is 36.8 Å². The number of carbonyl (C=O) groups excluding carboxylic acids is 2. The van der Waals surface area contributed by atoms with Gasteiger partial charge in [-0.3, -0.25) is 4.18 Å². The third-order valence-electron chi connectivity index (χ3n) is 9.41. The summed E-state index contributed by atoms with van der Waals surface area (Å²) in [4.78, 5) is 46.1. The Hall–Kier alpha value is -5.39. The normalized spacial score (nSPS) is 15.5. The second-order valence-electron chi connectivity index (χ2n) is 13.7. The summed E-state index contributed by atoms with van der Waals surface area (Å²) in [5, 5.41) is 10.4. The van der Waals surface area contributed by atoms with Gasteiger partial charge in [-0.15, -0.1) is 0 Å². The van der Waals surface area contributed by atoms with Crippen LogP contribution in [0.1, 0.15) is 118 Å². The molecule has 2 aliphatic rings. The van der Waals surface area contributed by atoms with Crippen LogP contribution in [-0.2, 0) is 36.6 Å². The van der Waals surface area contributed by atoms with Gasteiger partial charge in [0, 0.05) is 37.6 Å². The van der Waals surface area contributed by atoms with Crippen LogP contribution < -0.4 is 0 Å². The molecule has 6 heterocycles. The van der Waals surface area contributed by atoms with Crippen LogP contribution in [0.2, 0.25) is 0 Å². The second kappa shape index (κ2) is 15.5. The summed E-state index contributed by atoms with van der Waals surface area (Å²) in [6, 6.07) is 8.11. The maximum absolute atomic E-state index is 11.8. The van der Waals surface area contributed by atoms with Crippen molar-refractivity contribution in [1.29, 1.82) is 0 Å². The third-order valence-corrected chi connectivity index (χ3v) is 9.99. The predicted molar refractivity (Wildman–Crippen MR) is 194 cm³/mol. The van der Waals surface area contributed by atoms with Gasteiger partial charge >= 0.3 is 11.9 Å². The molecule has 284 valence electrons. The fourth-order valence-corrected chi connectivity index (χ4v) is 6.86. The number of methoxy groups -OCH3 is 2. The van der Waals surface area contributed by atoms with E-state index < -0.39 is 34.3 Å². The van der Waals surface area contributed by atoms with Crippen LogP contribution in [0.5, 0.6) is 0 Å². The molecule has 6 aromatic heterocycles. The number of aryl methyl sites for hydroxylation is 2. The number of esters is 2. The van der Waals surface area contributed by atoms with Gasteiger partial charge in [-0.25, -0.2) is 29.5 Å². The van der Waals surface area contributed by atoms with Crippen molar-refractivity contribution in [2.75, 3.05) is 20.5 Å². The number of hydrogen-bond donors (Lipinski definition) is 3. The van der Waals surface area contributed by atoms with E-state index in [0.717, 1.165) is 17.6 Å². The van der Waals surface area contributed by atoms with Crippen LogP contribution >= 0.6 is 0 Å². The van der Waals surface area contributed by atoms with Crippen molar-refractivity contribution in [2.24, 2.45) is 0 Å². The molecule has 0 saturated heterocycles. The molecule has 0 bridgehead atoms. The van der Waals surface area contributed by atoms with Crippen LogP contribution in [0.4, 0.5) is 0 Å². The van der Waals surface area contributed by atoms with Crippen molar-refractivity contribution in [3.8, 4) is 0 Å². The summed E-state index contributed by atoms with van der Waals surface area (Å²) < 4.78 is 42.0. The van der Waals surface area contributed by atoms with Crippen molar-refractivity contribution in [2.45, 2.75) is 75.4 Å². The maximum atomic E-state index is 11.8. The number of aliphatic hydroxyl groups is 1. The molecule has 0 spiro atoms. The molecule has 0 aliphatic heterocycles. The summed E-state index contributed by atoms with van der Waals surface area (Å²) in [6.07, 6.45) is 16.8. The van der Waals surface area contributed by atoms with Gasteiger partial charge in [0.25, 0.3) is 10.1 Å². The van der Waals surface area contributed by atoms with Crippen LogP contribution in [0, 0.1) is 0 Å². The first-order valence-corrected chi connectivity index (χ1v) is 19.6.